The van der Waals surface area contributed by atoms with Crippen LogP contribution in [-0.4, -0.2) is 64.3 Å². The van der Waals surface area contributed by atoms with Crippen LogP contribution in [0.2, 0.25) is 0 Å². The number of aliphatic carboxylic acids is 1. The van der Waals surface area contributed by atoms with Crippen LogP contribution in [0.4, 0.5) is 4.79 Å². The van der Waals surface area contributed by atoms with Crippen molar-refractivity contribution in [1.29, 1.82) is 0 Å². The molecular weight excluding hydrogens is 308 g/mol. The van der Waals surface area contributed by atoms with Crippen LogP contribution in [0.1, 0.15) is 59.8 Å². The van der Waals surface area contributed by atoms with E-state index >= 15 is 0 Å². The number of ether oxygens (including phenoxy) is 1. The summed E-state index contributed by atoms with van der Waals surface area (Å²) in [7, 11) is 1.39. The smallest absolute Gasteiger partial charge is 0.409 e. The quantitative estimate of drug-likeness (QED) is 0.855. The van der Waals surface area contributed by atoms with E-state index in [0.29, 0.717) is 25.9 Å². The number of carbonyl (C=O) groups is 2. The molecule has 0 saturated carbocycles. The first-order chi connectivity index (χ1) is 11.1. The van der Waals surface area contributed by atoms with Gasteiger partial charge in [0, 0.05) is 30.2 Å². The van der Waals surface area contributed by atoms with Gasteiger partial charge in [-0.05, 0) is 59.8 Å². The Balaban J connectivity index is 2.23. The summed E-state index contributed by atoms with van der Waals surface area (Å²) in [5, 5.41) is 9.40. The Morgan fingerprint density at radius 1 is 1.17 bits per heavy atom. The van der Waals surface area contributed by atoms with Crippen molar-refractivity contribution in [2.24, 2.45) is 5.92 Å². The van der Waals surface area contributed by atoms with Crippen LogP contribution in [0.15, 0.2) is 0 Å². The maximum absolute atomic E-state index is 12.2. The van der Waals surface area contributed by atoms with Gasteiger partial charge in [0.05, 0.1) is 13.0 Å². The van der Waals surface area contributed by atoms with Gasteiger partial charge in [-0.1, -0.05) is 0 Å². The molecule has 1 N–H and O–H groups in total. The van der Waals surface area contributed by atoms with Crippen LogP contribution in [0.25, 0.3) is 0 Å². The Morgan fingerprint density at radius 3 is 2.25 bits per heavy atom. The monoisotopic (exact) mass is 340 g/mol. The van der Waals surface area contributed by atoms with Gasteiger partial charge in [-0.15, -0.1) is 0 Å². The van der Waals surface area contributed by atoms with Gasteiger partial charge in [-0.2, -0.15) is 0 Å². The SMILES string of the molecule is COC(=O)N1CC[C@H](C(=O)O)C[C@H]1CN1C(C)(C)CCCC1(C)C. The minimum Gasteiger partial charge on any atom is -0.481 e. The highest BCUT2D eigenvalue weighted by Gasteiger charge is 2.45. The molecule has 0 aromatic rings. The van der Waals surface area contributed by atoms with E-state index in [0.717, 1.165) is 12.8 Å². The summed E-state index contributed by atoms with van der Waals surface area (Å²) in [5.74, 6) is -1.14. The second-order valence-corrected chi connectivity index (χ2v) is 8.47. The van der Waals surface area contributed by atoms with Crippen molar-refractivity contribution in [3.05, 3.63) is 0 Å². The van der Waals surface area contributed by atoms with E-state index in [2.05, 4.69) is 32.6 Å². The Kier molecular flexibility index (Phi) is 5.47. The average molecular weight is 340 g/mol. The maximum atomic E-state index is 12.2. The third kappa shape index (κ3) is 3.85. The third-order valence-electron chi connectivity index (χ3n) is 5.91. The molecular formula is C18H32N2O4. The summed E-state index contributed by atoms with van der Waals surface area (Å²) >= 11 is 0. The van der Waals surface area contributed by atoms with E-state index < -0.39 is 5.97 Å². The van der Waals surface area contributed by atoms with Crippen molar-refractivity contribution < 1.29 is 19.4 Å². The number of hydrogen-bond acceptors (Lipinski definition) is 4. The lowest BCUT2D eigenvalue weighted by atomic mass is 9.78. The zero-order chi connectivity index (χ0) is 18.1. The van der Waals surface area contributed by atoms with Gasteiger partial charge in [0.15, 0.2) is 0 Å². The minimum absolute atomic E-state index is 0.0414. The highest BCUT2D eigenvalue weighted by Crippen LogP contribution is 2.39. The number of carbonyl (C=O) groups excluding carboxylic acids is 1. The number of piperidine rings is 2. The highest BCUT2D eigenvalue weighted by atomic mass is 16.5. The van der Waals surface area contributed by atoms with Gasteiger partial charge in [0.2, 0.25) is 0 Å². The van der Waals surface area contributed by atoms with Crippen molar-refractivity contribution >= 4 is 12.1 Å². The standard InChI is InChI=1S/C18H32N2O4/c1-17(2)8-6-9-18(3,4)20(17)12-14-11-13(15(21)22)7-10-19(14)16(23)24-5/h13-14H,6-12H2,1-5H3,(H,21,22)/t13-,14-/m0/s1. The lowest BCUT2D eigenvalue weighted by Gasteiger charge is -2.55. The van der Waals surface area contributed by atoms with Gasteiger partial charge in [0.25, 0.3) is 0 Å². The van der Waals surface area contributed by atoms with E-state index in [9.17, 15) is 14.7 Å². The molecule has 2 aliphatic heterocycles. The van der Waals surface area contributed by atoms with E-state index in [-0.39, 0.29) is 29.1 Å². The van der Waals surface area contributed by atoms with Crippen LogP contribution >= 0.6 is 0 Å². The summed E-state index contributed by atoms with van der Waals surface area (Å²) in [6.45, 7) is 10.1. The molecule has 6 nitrogen and oxygen atoms in total. The van der Waals surface area contributed by atoms with Gasteiger partial charge >= 0.3 is 12.1 Å². The molecule has 0 aromatic carbocycles. The first kappa shape index (κ1) is 19.0. The summed E-state index contributed by atoms with van der Waals surface area (Å²) in [6.07, 6.45) is 4.06. The molecule has 6 heteroatoms. The molecule has 0 spiro atoms. The molecule has 0 aliphatic carbocycles. The molecule has 1 amide bonds. The lowest BCUT2D eigenvalue weighted by Crippen LogP contribution is -2.63. The Morgan fingerprint density at radius 2 is 1.75 bits per heavy atom. The number of methoxy groups -OCH3 is 1. The van der Waals surface area contributed by atoms with Gasteiger partial charge in [-0.25, -0.2) is 4.79 Å². The van der Waals surface area contributed by atoms with Crippen molar-refractivity contribution in [3.63, 3.8) is 0 Å². The second kappa shape index (κ2) is 6.90. The number of likely N-dealkylation sites (tertiary alicyclic amines) is 2. The van der Waals surface area contributed by atoms with Crippen LogP contribution in [0, 0.1) is 5.92 Å². The molecule has 138 valence electrons. The van der Waals surface area contributed by atoms with Crippen LogP contribution in [0.3, 0.4) is 0 Å². The molecule has 2 atom stereocenters. The molecule has 0 radical (unpaired) electrons. The first-order valence-corrected chi connectivity index (χ1v) is 8.93. The second-order valence-electron chi connectivity index (χ2n) is 8.47. The highest BCUT2D eigenvalue weighted by molar-refractivity contribution is 5.72. The van der Waals surface area contributed by atoms with Gasteiger partial charge < -0.3 is 14.7 Å². The molecule has 2 saturated heterocycles. The molecule has 24 heavy (non-hydrogen) atoms. The Bertz CT molecular complexity index is 473. The lowest BCUT2D eigenvalue weighted by molar-refractivity contribution is -0.144. The number of hydrogen-bond donors (Lipinski definition) is 1. The van der Waals surface area contributed by atoms with Crippen molar-refractivity contribution in [1.82, 2.24) is 9.80 Å². The average Bonchev–Trinajstić information content (AvgIpc) is 2.49. The van der Waals surface area contributed by atoms with Gasteiger partial charge in [-0.3, -0.25) is 9.69 Å². The summed E-state index contributed by atoms with van der Waals surface area (Å²) < 4.78 is 4.93. The van der Waals surface area contributed by atoms with Crippen molar-refractivity contribution in [3.8, 4) is 0 Å². The Labute approximate surface area is 145 Å². The molecule has 2 rings (SSSR count). The normalized spacial score (nSPS) is 30.0. The first-order valence-electron chi connectivity index (χ1n) is 8.93. The zero-order valence-electron chi connectivity index (χ0n) is 15.7. The predicted octanol–water partition coefficient (Wildman–Crippen LogP) is 2.96. The molecule has 2 fully saturated rings. The summed E-state index contributed by atoms with van der Waals surface area (Å²) in [5.41, 5.74) is 0.0828. The van der Waals surface area contributed by atoms with Crippen LogP contribution in [-0.2, 0) is 9.53 Å². The summed E-state index contributed by atoms with van der Waals surface area (Å²) in [4.78, 5) is 27.8. The molecule has 2 aliphatic rings. The molecule has 0 aromatic heterocycles. The molecule has 2 heterocycles. The van der Waals surface area contributed by atoms with Crippen molar-refractivity contribution in [2.45, 2.75) is 76.9 Å². The van der Waals surface area contributed by atoms with E-state index in [1.165, 1.54) is 13.5 Å². The Hall–Kier alpha value is -1.30. The van der Waals surface area contributed by atoms with E-state index in [1.54, 1.807) is 4.90 Å². The number of rotatable bonds is 3. The fourth-order valence-corrected chi connectivity index (χ4v) is 4.55. The molecule has 0 unspecified atom stereocenters. The number of nitrogens with zero attached hydrogens (tertiary/aromatic N) is 2. The topological polar surface area (TPSA) is 70.1 Å². The maximum Gasteiger partial charge on any atom is 0.409 e. The third-order valence-corrected chi connectivity index (χ3v) is 5.91. The van der Waals surface area contributed by atoms with E-state index in [1.807, 2.05) is 0 Å². The minimum atomic E-state index is -0.762. The van der Waals surface area contributed by atoms with E-state index in [4.69, 9.17) is 4.74 Å². The van der Waals surface area contributed by atoms with Crippen molar-refractivity contribution in [2.75, 3.05) is 20.2 Å². The fourth-order valence-electron chi connectivity index (χ4n) is 4.55. The van der Waals surface area contributed by atoms with Gasteiger partial charge in [0.1, 0.15) is 0 Å². The zero-order valence-corrected chi connectivity index (χ0v) is 15.7. The van der Waals surface area contributed by atoms with Crippen LogP contribution < -0.4 is 0 Å². The number of carboxylic acids is 1. The fraction of sp³-hybridized carbons (Fsp3) is 0.889. The number of amides is 1. The number of carboxylic acid groups (broad SMARTS) is 1. The molecule has 0 bridgehead atoms. The van der Waals surface area contributed by atoms with Crippen LogP contribution in [0.5, 0.6) is 0 Å². The summed E-state index contributed by atoms with van der Waals surface area (Å²) in [6, 6.07) is -0.121. The largest absolute Gasteiger partial charge is 0.481 e. The predicted molar refractivity (Wildman–Crippen MR) is 92.0 cm³/mol.